The van der Waals surface area contributed by atoms with Crippen molar-refractivity contribution in [3.05, 3.63) is 58.6 Å². The van der Waals surface area contributed by atoms with Crippen molar-refractivity contribution in [3.8, 4) is 0 Å². The Morgan fingerprint density at radius 1 is 1.18 bits per heavy atom. The fourth-order valence-electron chi connectivity index (χ4n) is 2.53. The molecule has 1 N–H and O–H groups in total. The third kappa shape index (κ3) is 2.34. The molecule has 0 amide bonds. The lowest BCUT2D eigenvalue weighted by Gasteiger charge is -2.20. The van der Waals surface area contributed by atoms with Crippen LogP contribution in [0.5, 0.6) is 0 Å². The van der Waals surface area contributed by atoms with Gasteiger partial charge in [0.15, 0.2) is 0 Å². The Kier molecular flexibility index (Phi) is 3.58. The van der Waals surface area contributed by atoms with E-state index in [1.807, 2.05) is 0 Å². The number of aromatic carboxylic acids is 1. The van der Waals surface area contributed by atoms with Crippen molar-refractivity contribution in [2.24, 2.45) is 0 Å². The summed E-state index contributed by atoms with van der Waals surface area (Å²) in [6.45, 7) is 0.270. The summed E-state index contributed by atoms with van der Waals surface area (Å²) in [6, 6.07) is 10.7. The number of hydrogen-bond acceptors (Lipinski definition) is 3. The zero-order chi connectivity index (χ0) is 15.9. The zero-order valence-corrected chi connectivity index (χ0v) is 12.9. The Morgan fingerprint density at radius 2 is 1.91 bits per heavy atom. The second-order valence-electron chi connectivity index (χ2n) is 4.91. The lowest BCUT2D eigenvalue weighted by molar-refractivity contribution is 0.0697. The third-order valence-corrected chi connectivity index (χ3v) is 5.90. The monoisotopic (exact) mass is 337 g/mol. The van der Waals surface area contributed by atoms with Crippen molar-refractivity contribution < 1.29 is 18.3 Å². The van der Waals surface area contributed by atoms with Gasteiger partial charge in [-0.2, -0.15) is 0 Å². The first-order valence-electron chi connectivity index (χ1n) is 6.55. The van der Waals surface area contributed by atoms with Gasteiger partial charge in [0, 0.05) is 6.54 Å². The van der Waals surface area contributed by atoms with Crippen molar-refractivity contribution in [1.29, 1.82) is 0 Å². The molecule has 2 aromatic rings. The van der Waals surface area contributed by atoms with Crippen molar-refractivity contribution in [1.82, 2.24) is 0 Å². The van der Waals surface area contributed by atoms with Gasteiger partial charge in [-0.15, -0.1) is 0 Å². The number of carbonyl (C=O) groups is 1. The first-order valence-corrected chi connectivity index (χ1v) is 8.36. The van der Waals surface area contributed by atoms with E-state index in [1.165, 1.54) is 34.6 Å². The molecular formula is C15H12ClNO4S. The van der Waals surface area contributed by atoms with Gasteiger partial charge < -0.3 is 5.11 Å². The summed E-state index contributed by atoms with van der Waals surface area (Å²) in [5.74, 6) is -1.03. The molecule has 0 saturated heterocycles. The van der Waals surface area contributed by atoms with Gasteiger partial charge in [0.05, 0.1) is 16.3 Å². The van der Waals surface area contributed by atoms with Crippen molar-refractivity contribution in [2.45, 2.75) is 11.3 Å². The minimum absolute atomic E-state index is 0.0480. The Morgan fingerprint density at radius 3 is 2.59 bits per heavy atom. The number of benzene rings is 2. The fraction of sp³-hybridized carbons (Fsp3) is 0.133. The predicted molar refractivity (Wildman–Crippen MR) is 83.1 cm³/mol. The Labute approximate surface area is 132 Å². The summed E-state index contributed by atoms with van der Waals surface area (Å²) in [6.07, 6.45) is 0.472. The molecular weight excluding hydrogens is 326 g/mol. The number of anilines is 1. The van der Waals surface area contributed by atoms with Crippen LogP contribution in [0, 0.1) is 0 Å². The average molecular weight is 338 g/mol. The van der Waals surface area contributed by atoms with E-state index >= 15 is 0 Å². The molecule has 0 atom stereocenters. The Balaban J connectivity index is 2.07. The standard InChI is InChI=1S/C15H12ClNO4S/c16-12-3-1-2-4-14(12)22(20,21)17-8-7-10-9-11(15(18)19)5-6-13(10)17/h1-6,9H,7-8H2,(H,18,19). The molecule has 0 aliphatic carbocycles. The molecule has 3 rings (SSSR count). The minimum Gasteiger partial charge on any atom is -0.478 e. The van der Waals surface area contributed by atoms with Gasteiger partial charge in [-0.05, 0) is 42.3 Å². The summed E-state index contributed by atoms with van der Waals surface area (Å²) in [7, 11) is -3.76. The number of fused-ring (bicyclic) bond motifs is 1. The van der Waals surface area contributed by atoms with Gasteiger partial charge in [-0.3, -0.25) is 4.31 Å². The van der Waals surface area contributed by atoms with E-state index in [-0.39, 0.29) is 22.0 Å². The number of carboxylic acids is 1. The highest BCUT2D eigenvalue weighted by Crippen LogP contribution is 2.35. The molecule has 0 radical (unpaired) electrons. The van der Waals surface area contributed by atoms with Crippen LogP contribution in [-0.2, 0) is 16.4 Å². The molecule has 0 bridgehead atoms. The van der Waals surface area contributed by atoms with E-state index in [9.17, 15) is 13.2 Å². The van der Waals surface area contributed by atoms with Crippen LogP contribution in [0.1, 0.15) is 15.9 Å². The number of hydrogen-bond donors (Lipinski definition) is 1. The summed E-state index contributed by atoms with van der Waals surface area (Å²) in [5.41, 5.74) is 1.36. The molecule has 22 heavy (non-hydrogen) atoms. The van der Waals surface area contributed by atoms with E-state index in [1.54, 1.807) is 12.1 Å². The van der Waals surface area contributed by atoms with Crippen LogP contribution in [0.3, 0.4) is 0 Å². The lowest BCUT2D eigenvalue weighted by Crippen LogP contribution is -2.29. The molecule has 1 aliphatic rings. The quantitative estimate of drug-likeness (QED) is 0.934. The zero-order valence-electron chi connectivity index (χ0n) is 11.4. The molecule has 5 nitrogen and oxygen atoms in total. The first kappa shape index (κ1) is 14.9. The molecule has 1 aliphatic heterocycles. The molecule has 114 valence electrons. The van der Waals surface area contributed by atoms with Crippen LogP contribution < -0.4 is 4.31 Å². The van der Waals surface area contributed by atoms with E-state index in [4.69, 9.17) is 16.7 Å². The molecule has 7 heteroatoms. The van der Waals surface area contributed by atoms with Crippen LogP contribution >= 0.6 is 11.6 Å². The van der Waals surface area contributed by atoms with Gasteiger partial charge in [-0.25, -0.2) is 13.2 Å². The molecule has 0 unspecified atom stereocenters. The highest BCUT2D eigenvalue weighted by Gasteiger charge is 2.32. The molecule has 0 fully saturated rings. The number of sulfonamides is 1. The second kappa shape index (κ2) is 5.30. The summed E-state index contributed by atoms with van der Waals surface area (Å²) >= 11 is 6.00. The minimum atomic E-state index is -3.76. The molecule has 2 aromatic carbocycles. The van der Waals surface area contributed by atoms with Gasteiger partial charge in [-0.1, -0.05) is 23.7 Å². The van der Waals surface area contributed by atoms with Crippen molar-refractivity contribution in [2.75, 3.05) is 10.8 Å². The van der Waals surface area contributed by atoms with Crippen LogP contribution in [0.4, 0.5) is 5.69 Å². The SMILES string of the molecule is O=C(O)c1ccc2c(c1)CCN2S(=O)(=O)c1ccccc1Cl. The maximum Gasteiger partial charge on any atom is 0.335 e. The van der Waals surface area contributed by atoms with Crippen LogP contribution in [0.25, 0.3) is 0 Å². The average Bonchev–Trinajstić information content (AvgIpc) is 2.91. The van der Waals surface area contributed by atoms with Crippen molar-refractivity contribution >= 4 is 33.3 Å². The molecule has 0 aromatic heterocycles. The maximum atomic E-state index is 12.8. The van der Waals surface area contributed by atoms with Gasteiger partial charge >= 0.3 is 5.97 Å². The van der Waals surface area contributed by atoms with E-state index in [0.717, 1.165) is 0 Å². The second-order valence-corrected chi connectivity index (χ2v) is 7.14. The van der Waals surface area contributed by atoms with E-state index in [0.29, 0.717) is 17.7 Å². The number of rotatable bonds is 3. The lowest BCUT2D eigenvalue weighted by atomic mass is 10.1. The molecule has 0 saturated carbocycles. The largest absolute Gasteiger partial charge is 0.478 e. The highest BCUT2D eigenvalue weighted by molar-refractivity contribution is 7.93. The highest BCUT2D eigenvalue weighted by atomic mass is 35.5. The van der Waals surface area contributed by atoms with Gasteiger partial charge in [0.1, 0.15) is 4.90 Å². The third-order valence-electron chi connectivity index (χ3n) is 3.58. The predicted octanol–water partition coefficient (Wildman–Crippen LogP) is 2.79. The summed E-state index contributed by atoms with van der Waals surface area (Å²) in [5, 5.41) is 9.17. The molecule has 1 heterocycles. The number of carboxylic acid groups (broad SMARTS) is 1. The number of nitrogens with zero attached hydrogens (tertiary/aromatic N) is 1. The van der Waals surface area contributed by atoms with Crippen LogP contribution in [0.15, 0.2) is 47.4 Å². The van der Waals surface area contributed by atoms with E-state index in [2.05, 4.69) is 0 Å². The van der Waals surface area contributed by atoms with Crippen molar-refractivity contribution in [3.63, 3.8) is 0 Å². The smallest absolute Gasteiger partial charge is 0.335 e. The topological polar surface area (TPSA) is 74.7 Å². The van der Waals surface area contributed by atoms with Gasteiger partial charge in [0.25, 0.3) is 10.0 Å². The number of halogens is 1. The van der Waals surface area contributed by atoms with Crippen LogP contribution in [0.2, 0.25) is 5.02 Å². The van der Waals surface area contributed by atoms with Crippen LogP contribution in [-0.4, -0.2) is 26.0 Å². The maximum absolute atomic E-state index is 12.8. The van der Waals surface area contributed by atoms with E-state index < -0.39 is 16.0 Å². The fourth-order valence-corrected chi connectivity index (χ4v) is 4.53. The Bertz CT molecular complexity index is 864. The normalized spacial score (nSPS) is 14.0. The Hall–Kier alpha value is -2.05. The summed E-state index contributed by atoms with van der Waals surface area (Å²) in [4.78, 5) is 11.0. The van der Waals surface area contributed by atoms with Gasteiger partial charge in [0.2, 0.25) is 0 Å². The summed E-state index contributed by atoms with van der Waals surface area (Å²) < 4.78 is 26.8. The first-order chi connectivity index (χ1) is 10.4. The molecule has 0 spiro atoms.